The molecule has 1 unspecified atom stereocenters. The first kappa shape index (κ1) is 23.5. The third-order valence-corrected chi connectivity index (χ3v) is 5.55. The van der Waals surface area contributed by atoms with Crippen LogP contribution in [0.5, 0.6) is 0 Å². The van der Waals surface area contributed by atoms with Gasteiger partial charge in [-0.3, -0.25) is 9.79 Å². The predicted octanol–water partition coefficient (Wildman–Crippen LogP) is 2.03. The Labute approximate surface area is 198 Å². The highest BCUT2D eigenvalue weighted by molar-refractivity contribution is 14.0. The second-order valence-electron chi connectivity index (χ2n) is 7.47. The normalized spacial score (nSPS) is 19.3. The summed E-state index contributed by atoms with van der Waals surface area (Å²) >= 11 is 0. The maximum atomic E-state index is 14.5. The smallest absolute Gasteiger partial charge is 0.251 e. The van der Waals surface area contributed by atoms with Gasteiger partial charge in [-0.15, -0.1) is 24.0 Å². The van der Waals surface area contributed by atoms with E-state index in [4.69, 9.17) is 4.74 Å². The number of guanidine groups is 1. The zero-order valence-corrected chi connectivity index (χ0v) is 19.9. The van der Waals surface area contributed by atoms with Crippen LogP contribution in [0.15, 0.2) is 41.9 Å². The minimum absolute atomic E-state index is 0. The fourth-order valence-corrected chi connectivity index (χ4v) is 3.90. The number of carbonyl (C=O) groups excluding carboxylic acids is 1. The van der Waals surface area contributed by atoms with Gasteiger partial charge >= 0.3 is 0 Å². The van der Waals surface area contributed by atoms with Crippen LogP contribution in [0.4, 0.5) is 4.39 Å². The van der Waals surface area contributed by atoms with Crippen molar-refractivity contribution in [3.05, 3.63) is 48.3 Å². The highest BCUT2D eigenvalue weighted by Crippen LogP contribution is 2.17. The molecule has 0 bridgehead atoms. The molecule has 168 valence electrons. The molecule has 2 aromatic rings. The molecule has 1 N–H and O–H groups in total. The summed E-state index contributed by atoms with van der Waals surface area (Å²) in [6, 6.07) is 5.15. The Kier molecular flexibility index (Phi) is 8.24. The Morgan fingerprint density at radius 1 is 1.29 bits per heavy atom. The molecule has 10 heteroatoms. The van der Waals surface area contributed by atoms with Gasteiger partial charge in [0.1, 0.15) is 11.9 Å². The molecule has 0 spiro atoms. The number of nitrogens with one attached hydrogen (secondary N) is 1. The first-order valence-corrected chi connectivity index (χ1v) is 10.3. The van der Waals surface area contributed by atoms with E-state index in [9.17, 15) is 9.18 Å². The number of amides is 1. The Morgan fingerprint density at radius 3 is 2.68 bits per heavy atom. The summed E-state index contributed by atoms with van der Waals surface area (Å²) in [4.78, 5) is 24.8. The highest BCUT2D eigenvalue weighted by atomic mass is 127. The zero-order chi connectivity index (χ0) is 20.9. The molecule has 8 nitrogen and oxygen atoms in total. The average Bonchev–Trinajstić information content (AvgIpc) is 3.49. The summed E-state index contributed by atoms with van der Waals surface area (Å²) in [5, 5.41) is 3.30. The minimum atomic E-state index is -0.302. The number of halogens is 2. The standard InChI is InChI=1S/C21H27FN6O2.HI/c1-23-21(27-10-8-26(9-11-27)20(29)19-3-2-12-30-19)25-14-16-4-5-18(17(22)13-16)28-7-6-24-15-28;/h4-7,13,15,19H,2-3,8-12,14H2,1H3,(H,23,25);1H. The summed E-state index contributed by atoms with van der Waals surface area (Å²) in [7, 11) is 1.73. The van der Waals surface area contributed by atoms with Crippen molar-refractivity contribution >= 4 is 35.8 Å². The molecular formula is C21H28FIN6O2. The number of carbonyl (C=O) groups is 1. The lowest BCUT2D eigenvalue weighted by atomic mass is 10.2. The quantitative estimate of drug-likeness (QED) is 0.364. The van der Waals surface area contributed by atoms with Crippen molar-refractivity contribution in [2.24, 2.45) is 4.99 Å². The molecule has 2 saturated heterocycles. The SMILES string of the molecule is CN=C(NCc1ccc(-n2ccnc2)c(F)c1)N1CCN(C(=O)C2CCCO2)CC1.I. The lowest BCUT2D eigenvalue weighted by Crippen LogP contribution is -2.55. The van der Waals surface area contributed by atoms with Crippen LogP contribution in [0.1, 0.15) is 18.4 Å². The minimum Gasteiger partial charge on any atom is -0.368 e. The second kappa shape index (κ2) is 10.9. The van der Waals surface area contributed by atoms with E-state index in [0.717, 1.165) is 24.4 Å². The maximum Gasteiger partial charge on any atom is 0.251 e. The molecular weight excluding hydrogens is 514 g/mol. The van der Waals surface area contributed by atoms with Crippen molar-refractivity contribution in [3.63, 3.8) is 0 Å². The van der Waals surface area contributed by atoms with Gasteiger partial charge in [-0.25, -0.2) is 9.37 Å². The van der Waals surface area contributed by atoms with Gasteiger partial charge in [0.05, 0.1) is 12.0 Å². The molecule has 2 aliphatic heterocycles. The number of benzene rings is 1. The van der Waals surface area contributed by atoms with E-state index in [1.54, 1.807) is 36.4 Å². The number of imidazole rings is 1. The van der Waals surface area contributed by atoms with Gasteiger partial charge in [-0.2, -0.15) is 0 Å². The van der Waals surface area contributed by atoms with Gasteiger partial charge in [-0.1, -0.05) is 6.07 Å². The van der Waals surface area contributed by atoms with Crippen molar-refractivity contribution in [1.29, 1.82) is 0 Å². The number of hydrogen-bond donors (Lipinski definition) is 1. The van der Waals surface area contributed by atoms with Crippen LogP contribution in [-0.4, -0.2) is 77.2 Å². The Morgan fingerprint density at radius 2 is 2.06 bits per heavy atom. The third-order valence-electron chi connectivity index (χ3n) is 5.55. The molecule has 1 atom stereocenters. The van der Waals surface area contributed by atoms with Gasteiger partial charge < -0.3 is 24.4 Å². The van der Waals surface area contributed by atoms with E-state index in [2.05, 4.69) is 20.2 Å². The molecule has 1 amide bonds. The van der Waals surface area contributed by atoms with Crippen LogP contribution in [0.25, 0.3) is 5.69 Å². The molecule has 2 fully saturated rings. The van der Waals surface area contributed by atoms with E-state index in [-0.39, 0.29) is 41.8 Å². The van der Waals surface area contributed by atoms with E-state index in [1.165, 1.54) is 6.07 Å². The van der Waals surface area contributed by atoms with Gasteiger partial charge in [0.25, 0.3) is 5.91 Å². The Balaban J connectivity index is 0.00000272. The van der Waals surface area contributed by atoms with E-state index in [1.807, 2.05) is 11.0 Å². The van der Waals surface area contributed by atoms with Crippen LogP contribution >= 0.6 is 24.0 Å². The van der Waals surface area contributed by atoms with Crippen LogP contribution in [0.2, 0.25) is 0 Å². The summed E-state index contributed by atoms with van der Waals surface area (Å²) in [6.07, 6.45) is 6.40. The van der Waals surface area contributed by atoms with Crippen molar-refractivity contribution < 1.29 is 13.9 Å². The van der Waals surface area contributed by atoms with Gasteiger partial charge in [0, 0.05) is 58.8 Å². The number of aromatic nitrogens is 2. The number of rotatable bonds is 4. The lowest BCUT2D eigenvalue weighted by Gasteiger charge is -2.37. The molecule has 1 aromatic heterocycles. The number of nitrogens with zero attached hydrogens (tertiary/aromatic N) is 5. The molecule has 31 heavy (non-hydrogen) atoms. The van der Waals surface area contributed by atoms with Crippen molar-refractivity contribution in [3.8, 4) is 5.69 Å². The van der Waals surface area contributed by atoms with Gasteiger partial charge in [-0.05, 0) is 30.5 Å². The molecule has 1 aromatic carbocycles. The van der Waals surface area contributed by atoms with Crippen molar-refractivity contribution in [1.82, 2.24) is 24.7 Å². The number of piperazine rings is 1. The third kappa shape index (κ3) is 5.53. The van der Waals surface area contributed by atoms with Crippen molar-refractivity contribution in [2.45, 2.75) is 25.5 Å². The van der Waals surface area contributed by atoms with E-state index in [0.29, 0.717) is 45.0 Å². The number of ether oxygens (including phenoxy) is 1. The molecule has 4 rings (SSSR count). The van der Waals surface area contributed by atoms with Crippen molar-refractivity contribution in [2.75, 3.05) is 39.8 Å². The molecule has 3 heterocycles. The van der Waals surface area contributed by atoms with E-state index >= 15 is 0 Å². The summed E-state index contributed by atoms with van der Waals surface area (Å²) in [6.45, 7) is 3.83. The Bertz CT molecular complexity index is 893. The van der Waals surface area contributed by atoms with Gasteiger partial charge in [0.2, 0.25) is 0 Å². The monoisotopic (exact) mass is 542 g/mol. The average molecular weight is 542 g/mol. The van der Waals surface area contributed by atoms with Crippen LogP contribution in [0, 0.1) is 5.82 Å². The number of hydrogen-bond acceptors (Lipinski definition) is 4. The van der Waals surface area contributed by atoms with Crippen LogP contribution in [0.3, 0.4) is 0 Å². The first-order chi connectivity index (χ1) is 14.7. The Hall–Kier alpha value is -2.21. The zero-order valence-electron chi connectivity index (χ0n) is 17.5. The predicted molar refractivity (Wildman–Crippen MR) is 126 cm³/mol. The summed E-state index contributed by atoms with van der Waals surface area (Å²) in [5.41, 5.74) is 1.29. The molecule has 0 saturated carbocycles. The molecule has 2 aliphatic rings. The van der Waals surface area contributed by atoms with Crippen LogP contribution in [-0.2, 0) is 16.1 Å². The van der Waals surface area contributed by atoms with Gasteiger partial charge in [0.15, 0.2) is 5.96 Å². The summed E-state index contributed by atoms with van der Waals surface area (Å²) in [5.74, 6) is 0.547. The maximum absolute atomic E-state index is 14.5. The van der Waals surface area contributed by atoms with E-state index < -0.39 is 0 Å². The fraction of sp³-hybridized carbons (Fsp3) is 0.476. The second-order valence-corrected chi connectivity index (χ2v) is 7.47. The molecule has 0 radical (unpaired) electrons. The lowest BCUT2D eigenvalue weighted by molar-refractivity contribution is -0.142. The molecule has 0 aliphatic carbocycles. The highest BCUT2D eigenvalue weighted by Gasteiger charge is 2.30. The fourth-order valence-electron chi connectivity index (χ4n) is 3.90. The number of aliphatic imine (C=N–C) groups is 1. The largest absolute Gasteiger partial charge is 0.368 e. The summed E-state index contributed by atoms with van der Waals surface area (Å²) < 4.78 is 21.6. The topological polar surface area (TPSA) is 75.0 Å². The first-order valence-electron chi connectivity index (χ1n) is 10.3. The van der Waals surface area contributed by atoms with Crippen LogP contribution < -0.4 is 5.32 Å².